The van der Waals surface area contributed by atoms with Crippen LogP contribution in [0.15, 0.2) is 24.3 Å². The number of halogens is 2. The quantitative estimate of drug-likeness (QED) is 0.731. The molecule has 0 aromatic heterocycles. The van der Waals surface area contributed by atoms with Crippen LogP contribution >= 0.6 is 0 Å². The normalized spacial score (nSPS) is 10.4. The zero-order valence-corrected chi connectivity index (χ0v) is 7.04. The van der Waals surface area contributed by atoms with Crippen LogP contribution in [0.4, 0.5) is 14.5 Å². The summed E-state index contributed by atoms with van der Waals surface area (Å²) < 4.78 is 29.0. The van der Waals surface area contributed by atoms with Crippen molar-refractivity contribution in [3.8, 4) is 5.75 Å². The summed E-state index contributed by atoms with van der Waals surface area (Å²) in [6, 6.07) is 6.38. The summed E-state index contributed by atoms with van der Waals surface area (Å²) in [5.41, 5.74) is 6.01. The molecule has 2 N–H and O–H groups in total. The Kier molecular flexibility index (Phi) is 3.49. The van der Waals surface area contributed by atoms with E-state index >= 15 is 0 Å². The van der Waals surface area contributed by atoms with E-state index in [4.69, 9.17) is 10.5 Å². The molecule has 0 aliphatic heterocycles. The number of nitrogens with two attached hydrogens (primary N) is 1. The molecule has 1 aromatic carbocycles. The summed E-state index contributed by atoms with van der Waals surface area (Å²) >= 11 is 0. The zero-order chi connectivity index (χ0) is 9.68. The van der Waals surface area contributed by atoms with Crippen LogP contribution < -0.4 is 10.5 Å². The summed E-state index contributed by atoms with van der Waals surface area (Å²) in [4.78, 5) is 0. The molecule has 0 aliphatic rings. The number of benzene rings is 1. The van der Waals surface area contributed by atoms with Crippen molar-refractivity contribution in [1.82, 2.24) is 0 Å². The highest BCUT2D eigenvalue weighted by Crippen LogP contribution is 2.15. The molecule has 1 aromatic rings. The molecule has 13 heavy (non-hydrogen) atoms. The summed E-state index contributed by atoms with van der Waals surface area (Å²) in [5, 5.41) is 0. The van der Waals surface area contributed by atoms with E-state index in [2.05, 4.69) is 0 Å². The lowest BCUT2D eigenvalue weighted by Crippen LogP contribution is -2.20. The standard InChI is InChI=1S/C9H11F2NO/c10-5-9(6-11)13-8-3-1-7(12)2-4-8/h1-4,9H,5-6,12H2. The van der Waals surface area contributed by atoms with Gasteiger partial charge < -0.3 is 10.5 Å². The molecule has 0 atom stereocenters. The van der Waals surface area contributed by atoms with Gasteiger partial charge in [0.05, 0.1) is 0 Å². The minimum Gasteiger partial charge on any atom is -0.485 e. The van der Waals surface area contributed by atoms with Crippen molar-refractivity contribution in [2.45, 2.75) is 6.10 Å². The third-order valence-electron chi connectivity index (χ3n) is 1.53. The van der Waals surface area contributed by atoms with Crippen molar-refractivity contribution in [3.63, 3.8) is 0 Å². The second-order valence-electron chi connectivity index (χ2n) is 2.62. The van der Waals surface area contributed by atoms with E-state index in [0.29, 0.717) is 11.4 Å². The van der Waals surface area contributed by atoms with Crippen LogP contribution in [0.25, 0.3) is 0 Å². The Labute approximate surface area is 75.3 Å². The molecule has 4 heteroatoms. The summed E-state index contributed by atoms with van der Waals surface area (Å²) in [6.45, 7) is -1.66. The lowest BCUT2D eigenvalue weighted by atomic mass is 10.3. The van der Waals surface area contributed by atoms with Gasteiger partial charge in [0.15, 0.2) is 6.10 Å². The summed E-state index contributed by atoms with van der Waals surface area (Å²) in [5.74, 6) is 0.425. The Hall–Kier alpha value is -1.32. The Morgan fingerprint density at radius 2 is 1.69 bits per heavy atom. The lowest BCUT2D eigenvalue weighted by Gasteiger charge is -2.12. The number of nitrogen functional groups attached to an aromatic ring is 1. The third-order valence-corrected chi connectivity index (χ3v) is 1.53. The maximum absolute atomic E-state index is 12.0. The molecular formula is C9H11F2NO. The average molecular weight is 187 g/mol. The molecule has 0 bridgehead atoms. The first-order valence-corrected chi connectivity index (χ1v) is 3.90. The minimum absolute atomic E-state index is 0.425. The number of rotatable bonds is 4. The first-order valence-electron chi connectivity index (χ1n) is 3.90. The van der Waals surface area contributed by atoms with E-state index in [1.807, 2.05) is 0 Å². The maximum Gasteiger partial charge on any atom is 0.155 e. The molecule has 72 valence electrons. The van der Waals surface area contributed by atoms with E-state index in [1.165, 1.54) is 0 Å². The second kappa shape index (κ2) is 4.64. The van der Waals surface area contributed by atoms with Gasteiger partial charge in [0, 0.05) is 5.69 Å². The Morgan fingerprint density at radius 1 is 1.15 bits per heavy atom. The predicted molar refractivity (Wildman–Crippen MR) is 47.2 cm³/mol. The van der Waals surface area contributed by atoms with Gasteiger partial charge in [0.2, 0.25) is 0 Å². The van der Waals surface area contributed by atoms with E-state index in [1.54, 1.807) is 24.3 Å². The highest BCUT2D eigenvalue weighted by Gasteiger charge is 2.08. The number of ether oxygens (including phenoxy) is 1. The number of alkyl halides is 2. The van der Waals surface area contributed by atoms with E-state index < -0.39 is 19.5 Å². The molecule has 0 unspecified atom stereocenters. The van der Waals surface area contributed by atoms with Crippen molar-refractivity contribution in [2.24, 2.45) is 0 Å². The second-order valence-corrected chi connectivity index (χ2v) is 2.62. The highest BCUT2D eigenvalue weighted by molar-refractivity contribution is 5.41. The van der Waals surface area contributed by atoms with Crippen LogP contribution in [0.5, 0.6) is 5.75 Å². The maximum atomic E-state index is 12.0. The minimum atomic E-state index is -1.01. The van der Waals surface area contributed by atoms with Gasteiger partial charge in [-0.3, -0.25) is 0 Å². The molecule has 0 fully saturated rings. The van der Waals surface area contributed by atoms with E-state index in [0.717, 1.165) is 0 Å². The molecule has 1 rings (SSSR count). The fourth-order valence-electron chi connectivity index (χ4n) is 0.843. The SMILES string of the molecule is Nc1ccc(OC(CF)CF)cc1. The van der Waals surface area contributed by atoms with Crippen LogP contribution in [0.1, 0.15) is 0 Å². The van der Waals surface area contributed by atoms with Crippen LogP contribution in [-0.2, 0) is 0 Å². The molecule has 0 saturated heterocycles. The molecule has 0 heterocycles. The van der Waals surface area contributed by atoms with Crippen LogP contribution in [0, 0.1) is 0 Å². The predicted octanol–water partition coefficient (Wildman–Crippen LogP) is 1.96. The van der Waals surface area contributed by atoms with Crippen LogP contribution in [0.2, 0.25) is 0 Å². The first kappa shape index (κ1) is 9.77. The molecular weight excluding hydrogens is 176 g/mol. The monoisotopic (exact) mass is 187 g/mol. The molecule has 0 amide bonds. The van der Waals surface area contributed by atoms with Crippen molar-refractivity contribution in [1.29, 1.82) is 0 Å². The smallest absolute Gasteiger partial charge is 0.155 e. The van der Waals surface area contributed by atoms with E-state index in [9.17, 15) is 8.78 Å². The van der Waals surface area contributed by atoms with Crippen LogP contribution in [0.3, 0.4) is 0 Å². The first-order chi connectivity index (χ1) is 6.26. The van der Waals surface area contributed by atoms with Gasteiger partial charge in [-0.05, 0) is 24.3 Å². The lowest BCUT2D eigenvalue weighted by molar-refractivity contribution is 0.133. The van der Waals surface area contributed by atoms with Crippen molar-refractivity contribution in [3.05, 3.63) is 24.3 Å². The fraction of sp³-hybridized carbons (Fsp3) is 0.333. The van der Waals surface area contributed by atoms with Gasteiger partial charge in [-0.25, -0.2) is 8.78 Å². The zero-order valence-electron chi connectivity index (χ0n) is 7.04. The molecule has 0 saturated carbocycles. The van der Waals surface area contributed by atoms with Gasteiger partial charge in [0.25, 0.3) is 0 Å². The van der Waals surface area contributed by atoms with Crippen molar-refractivity contribution < 1.29 is 13.5 Å². The van der Waals surface area contributed by atoms with Crippen molar-refractivity contribution >= 4 is 5.69 Å². The van der Waals surface area contributed by atoms with Gasteiger partial charge >= 0.3 is 0 Å². The third kappa shape index (κ3) is 2.89. The highest BCUT2D eigenvalue weighted by atomic mass is 19.1. The van der Waals surface area contributed by atoms with Gasteiger partial charge in [0.1, 0.15) is 19.1 Å². The molecule has 0 spiro atoms. The summed E-state index contributed by atoms with van der Waals surface area (Å²) in [6.07, 6.45) is -1.01. The Morgan fingerprint density at radius 3 is 2.15 bits per heavy atom. The topological polar surface area (TPSA) is 35.2 Å². The Balaban J connectivity index is 2.58. The van der Waals surface area contributed by atoms with E-state index in [-0.39, 0.29) is 0 Å². The molecule has 0 radical (unpaired) electrons. The van der Waals surface area contributed by atoms with Gasteiger partial charge in [-0.1, -0.05) is 0 Å². The number of hydrogen-bond donors (Lipinski definition) is 1. The van der Waals surface area contributed by atoms with Gasteiger partial charge in [-0.15, -0.1) is 0 Å². The fourth-order valence-corrected chi connectivity index (χ4v) is 0.843. The van der Waals surface area contributed by atoms with Crippen molar-refractivity contribution in [2.75, 3.05) is 19.1 Å². The molecule has 2 nitrogen and oxygen atoms in total. The summed E-state index contributed by atoms with van der Waals surface area (Å²) in [7, 11) is 0. The average Bonchev–Trinajstić information content (AvgIpc) is 2.17. The largest absolute Gasteiger partial charge is 0.485 e. The van der Waals surface area contributed by atoms with Crippen LogP contribution in [-0.4, -0.2) is 19.5 Å². The molecule has 0 aliphatic carbocycles. The number of hydrogen-bond acceptors (Lipinski definition) is 2. The van der Waals surface area contributed by atoms with Gasteiger partial charge in [-0.2, -0.15) is 0 Å². The number of anilines is 1. The Bertz CT molecular complexity index is 246.